The first-order valence-electron chi connectivity index (χ1n) is 8.39. The molecule has 2 aromatic heterocycles. The summed E-state index contributed by atoms with van der Waals surface area (Å²) >= 11 is 0. The number of aliphatic hydroxyl groups is 1. The molecule has 0 bridgehead atoms. The average molecular weight is 555 g/mol. The van der Waals surface area contributed by atoms with Crippen molar-refractivity contribution < 1.29 is 65.0 Å². The van der Waals surface area contributed by atoms with Crippen molar-refractivity contribution in [2.45, 2.75) is 18.4 Å². The zero-order valence-corrected chi connectivity index (χ0v) is 18.7. The number of H-pyrrole nitrogens is 1. The molecule has 2 unspecified atom stereocenters. The number of nitrogen functional groups attached to an aromatic ring is 1. The molecule has 23 heteroatoms. The van der Waals surface area contributed by atoms with Crippen LogP contribution in [0.25, 0.3) is 11.2 Å². The second-order valence-electron chi connectivity index (χ2n) is 6.34. The van der Waals surface area contributed by atoms with E-state index in [1.165, 1.54) is 0 Å². The number of nitrogens with zero attached hydrogens (tertiary/aromatic N) is 3. The molecule has 3 heterocycles. The molecule has 190 valence electrons. The number of ether oxygens (including phenoxy) is 1. The number of anilines is 1. The van der Waals surface area contributed by atoms with Crippen molar-refractivity contribution in [3.8, 4) is 0 Å². The standard InChI is InChI=1S/C11H14F2N5O13P3/c12-7(13)4-3(1-28-33(24,25)31-34(26,27)30-32(21,22)23)29-10(6(4)19)18-2-15-5-8(18)16-11(14)17-9(5)20/h2-3,6,10,19H,1H2,(H,24,25)(H,26,27)(H2,21,22,23)(H3,14,16,17,20)/t3-,6-,10-/m1/s1. The van der Waals surface area contributed by atoms with Crippen molar-refractivity contribution in [1.29, 1.82) is 0 Å². The van der Waals surface area contributed by atoms with Crippen LogP contribution in [0.1, 0.15) is 6.23 Å². The van der Waals surface area contributed by atoms with Gasteiger partial charge in [-0.1, -0.05) is 0 Å². The Hall–Kier alpha value is -1.92. The maximum atomic E-state index is 13.5. The van der Waals surface area contributed by atoms with Crippen LogP contribution in [0.15, 0.2) is 22.8 Å². The summed E-state index contributed by atoms with van der Waals surface area (Å²) in [6.07, 6.45) is -7.38. The van der Waals surface area contributed by atoms with Gasteiger partial charge in [-0.2, -0.15) is 22.4 Å². The Balaban J connectivity index is 1.83. The summed E-state index contributed by atoms with van der Waals surface area (Å²) in [5, 5.41) is 10.3. The van der Waals surface area contributed by atoms with Crippen molar-refractivity contribution in [2.24, 2.45) is 0 Å². The van der Waals surface area contributed by atoms with Crippen molar-refractivity contribution >= 4 is 40.6 Å². The Morgan fingerprint density at radius 2 is 1.85 bits per heavy atom. The zero-order valence-electron chi connectivity index (χ0n) is 16.0. The van der Waals surface area contributed by atoms with Gasteiger partial charge in [-0.3, -0.25) is 18.9 Å². The third-order valence-electron chi connectivity index (χ3n) is 3.99. The van der Waals surface area contributed by atoms with Gasteiger partial charge in [-0.15, -0.1) is 0 Å². The fourth-order valence-corrected chi connectivity index (χ4v) is 5.85. The number of aromatic amines is 1. The number of hydrogen-bond donors (Lipinski definition) is 7. The summed E-state index contributed by atoms with van der Waals surface area (Å²) in [7, 11) is -17.2. The number of aromatic nitrogens is 4. The van der Waals surface area contributed by atoms with Crippen LogP contribution in [0.5, 0.6) is 0 Å². The molecule has 8 N–H and O–H groups in total. The summed E-state index contributed by atoms with van der Waals surface area (Å²) < 4.78 is 78.2. The van der Waals surface area contributed by atoms with Gasteiger partial charge in [0.1, 0.15) is 12.2 Å². The molecule has 0 aliphatic carbocycles. The number of hydrogen-bond acceptors (Lipinski definition) is 12. The Labute approximate surface area is 185 Å². The molecule has 1 fully saturated rings. The Morgan fingerprint density at radius 3 is 2.44 bits per heavy atom. The number of nitrogens with two attached hydrogens (primary N) is 1. The number of nitrogens with one attached hydrogen (secondary N) is 1. The lowest BCUT2D eigenvalue weighted by Gasteiger charge is -2.18. The number of fused-ring (bicyclic) bond motifs is 1. The number of aliphatic hydroxyl groups excluding tert-OH is 1. The molecular formula is C11H14F2N5O13P3. The monoisotopic (exact) mass is 555 g/mol. The minimum absolute atomic E-state index is 0.266. The first-order chi connectivity index (χ1) is 15.5. The van der Waals surface area contributed by atoms with Gasteiger partial charge in [0.05, 0.1) is 18.5 Å². The summed E-state index contributed by atoms with van der Waals surface area (Å²) in [5.74, 6) is -0.372. The maximum absolute atomic E-state index is 13.5. The molecule has 34 heavy (non-hydrogen) atoms. The molecule has 0 saturated carbocycles. The first kappa shape index (κ1) is 26.7. The molecule has 1 aliphatic heterocycles. The zero-order chi connectivity index (χ0) is 25.6. The van der Waals surface area contributed by atoms with Crippen LogP contribution in [0.2, 0.25) is 0 Å². The predicted octanol–water partition coefficient (Wildman–Crippen LogP) is -0.546. The van der Waals surface area contributed by atoms with Gasteiger partial charge in [0, 0.05) is 0 Å². The maximum Gasteiger partial charge on any atom is 0.490 e. The van der Waals surface area contributed by atoms with E-state index in [-0.39, 0.29) is 17.1 Å². The van der Waals surface area contributed by atoms with Crippen molar-refractivity contribution in [2.75, 3.05) is 12.3 Å². The van der Waals surface area contributed by atoms with Crippen molar-refractivity contribution in [1.82, 2.24) is 19.5 Å². The van der Waals surface area contributed by atoms with E-state index in [0.29, 0.717) is 0 Å². The van der Waals surface area contributed by atoms with Gasteiger partial charge < -0.3 is 35.2 Å². The van der Waals surface area contributed by atoms with Gasteiger partial charge in [0.25, 0.3) is 11.6 Å². The lowest BCUT2D eigenvalue weighted by molar-refractivity contribution is -0.0478. The molecule has 3 rings (SSSR count). The lowest BCUT2D eigenvalue weighted by atomic mass is 10.1. The van der Waals surface area contributed by atoms with Crippen LogP contribution >= 0.6 is 23.5 Å². The summed E-state index contributed by atoms with van der Waals surface area (Å²) in [6, 6.07) is 0. The van der Waals surface area contributed by atoms with Crippen LogP contribution in [-0.2, 0) is 31.6 Å². The van der Waals surface area contributed by atoms with E-state index in [4.69, 9.17) is 25.2 Å². The van der Waals surface area contributed by atoms with E-state index in [1.54, 1.807) is 0 Å². The highest BCUT2D eigenvalue weighted by Gasteiger charge is 2.46. The normalized spacial score (nSPS) is 24.8. The average Bonchev–Trinajstić information content (AvgIpc) is 3.17. The summed E-state index contributed by atoms with van der Waals surface area (Å²) in [4.78, 5) is 57.1. The van der Waals surface area contributed by atoms with E-state index in [9.17, 15) is 37.3 Å². The van der Waals surface area contributed by atoms with Gasteiger partial charge in [-0.05, 0) is 0 Å². The lowest BCUT2D eigenvalue weighted by Crippen LogP contribution is -2.21. The minimum Gasteiger partial charge on any atom is -0.384 e. The number of halogens is 2. The summed E-state index contributed by atoms with van der Waals surface area (Å²) in [5.41, 5.74) is 2.96. The SMILES string of the molecule is Nc1nc2c(ncn2[C@@H]2O[C@H](COP(=O)(O)OP(=O)(O)OP(=O)(O)O)C(=C(F)F)[C@H]2O)c(=O)[nH]1. The largest absolute Gasteiger partial charge is 0.490 e. The fraction of sp³-hybridized carbons (Fsp3) is 0.364. The smallest absolute Gasteiger partial charge is 0.384 e. The molecule has 0 amide bonds. The molecule has 2 aromatic rings. The second kappa shape index (κ2) is 9.27. The molecule has 0 aromatic carbocycles. The topological polar surface area (TPSA) is 279 Å². The van der Waals surface area contributed by atoms with Gasteiger partial charge in [0.2, 0.25) is 5.95 Å². The number of phosphoric ester groups is 1. The highest BCUT2D eigenvalue weighted by atomic mass is 31.3. The van der Waals surface area contributed by atoms with Gasteiger partial charge in [-0.25, -0.2) is 18.7 Å². The number of rotatable bonds is 8. The van der Waals surface area contributed by atoms with E-state index in [0.717, 1.165) is 10.9 Å². The van der Waals surface area contributed by atoms with E-state index in [2.05, 4.69) is 28.1 Å². The molecular weight excluding hydrogens is 541 g/mol. The van der Waals surface area contributed by atoms with Gasteiger partial charge in [0.15, 0.2) is 17.4 Å². The predicted molar refractivity (Wildman–Crippen MR) is 102 cm³/mol. The molecule has 5 atom stereocenters. The highest BCUT2D eigenvalue weighted by Crippen LogP contribution is 2.66. The Bertz CT molecular complexity index is 1340. The minimum atomic E-state index is -5.85. The molecule has 1 saturated heterocycles. The van der Waals surface area contributed by atoms with Crippen LogP contribution in [0.3, 0.4) is 0 Å². The third-order valence-corrected chi connectivity index (χ3v) is 7.79. The van der Waals surface area contributed by atoms with E-state index < -0.39 is 65.7 Å². The summed E-state index contributed by atoms with van der Waals surface area (Å²) in [6.45, 7) is -1.30. The van der Waals surface area contributed by atoms with Crippen LogP contribution in [0.4, 0.5) is 14.7 Å². The van der Waals surface area contributed by atoms with E-state index >= 15 is 0 Å². The number of imidazole rings is 1. The molecule has 1 aliphatic rings. The third kappa shape index (κ3) is 6.01. The molecule has 0 radical (unpaired) electrons. The van der Waals surface area contributed by atoms with Crippen LogP contribution in [0, 0.1) is 0 Å². The highest BCUT2D eigenvalue weighted by molar-refractivity contribution is 7.66. The Kier molecular flexibility index (Phi) is 7.27. The van der Waals surface area contributed by atoms with E-state index in [1.807, 2.05) is 0 Å². The molecule has 18 nitrogen and oxygen atoms in total. The van der Waals surface area contributed by atoms with Crippen molar-refractivity contribution in [3.63, 3.8) is 0 Å². The number of phosphoric acid groups is 3. The van der Waals surface area contributed by atoms with Crippen LogP contribution < -0.4 is 11.3 Å². The fourth-order valence-electron chi connectivity index (χ4n) is 2.83. The first-order valence-corrected chi connectivity index (χ1v) is 12.9. The molecule has 0 spiro atoms. The second-order valence-corrected chi connectivity index (χ2v) is 10.8. The van der Waals surface area contributed by atoms with Crippen LogP contribution in [-0.4, -0.2) is 63.0 Å². The Morgan fingerprint density at radius 1 is 1.21 bits per heavy atom. The quantitative estimate of drug-likeness (QED) is 0.201. The van der Waals surface area contributed by atoms with Gasteiger partial charge >= 0.3 is 23.5 Å². The van der Waals surface area contributed by atoms with Crippen molar-refractivity contribution in [3.05, 3.63) is 28.3 Å².